The molecule has 0 spiro atoms. The van der Waals surface area contributed by atoms with E-state index in [2.05, 4.69) is 9.82 Å². The normalized spacial score (nSPS) is 25.3. The van der Waals surface area contributed by atoms with Crippen molar-refractivity contribution in [3.63, 3.8) is 0 Å². The predicted octanol–water partition coefficient (Wildman–Crippen LogP) is 2.37. The van der Waals surface area contributed by atoms with Crippen molar-refractivity contribution >= 4 is 10.0 Å². The van der Waals surface area contributed by atoms with Gasteiger partial charge >= 0.3 is 0 Å². The molecule has 5 nitrogen and oxygen atoms in total. The molecule has 0 saturated heterocycles. The fraction of sp³-hybridized carbons (Fsp3) is 0.438. The topological polar surface area (TPSA) is 64.0 Å². The minimum absolute atomic E-state index is 0.123. The van der Waals surface area contributed by atoms with Crippen molar-refractivity contribution < 1.29 is 12.8 Å². The van der Waals surface area contributed by atoms with E-state index in [1.54, 1.807) is 43.0 Å². The number of nitrogens with one attached hydrogen (secondary N) is 1. The van der Waals surface area contributed by atoms with Gasteiger partial charge in [0.05, 0.1) is 16.5 Å². The summed E-state index contributed by atoms with van der Waals surface area (Å²) in [7, 11) is -1.76. The summed E-state index contributed by atoms with van der Waals surface area (Å²) in [5.41, 5.74) is 1.24. The number of nitrogens with zero attached hydrogens (tertiary/aromatic N) is 2. The van der Waals surface area contributed by atoms with E-state index < -0.39 is 20.8 Å². The Hall–Kier alpha value is -1.73. The van der Waals surface area contributed by atoms with Gasteiger partial charge in [0.25, 0.3) is 0 Å². The Morgan fingerprint density at radius 3 is 2.43 bits per heavy atom. The Morgan fingerprint density at radius 2 is 1.96 bits per heavy atom. The molecule has 0 radical (unpaired) electrons. The number of aryl methyl sites for hydroxylation is 1. The number of benzene rings is 1. The van der Waals surface area contributed by atoms with Crippen LogP contribution in [-0.2, 0) is 17.1 Å². The van der Waals surface area contributed by atoms with Crippen LogP contribution in [0.3, 0.4) is 0 Å². The van der Waals surface area contributed by atoms with E-state index in [1.807, 2.05) is 6.92 Å². The van der Waals surface area contributed by atoms with Gasteiger partial charge in [0.2, 0.25) is 10.0 Å². The van der Waals surface area contributed by atoms with Gasteiger partial charge in [-0.15, -0.1) is 0 Å². The van der Waals surface area contributed by atoms with E-state index >= 15 is 0 Å². The Morgan fingerprint density at radius 1 is 1.35 bits per heavy atom. The van der Waals surface area contributed by atoms with Gasteiger partial charge in [-0.25, -0.2) is 17.5 Å². The minimum Gasteiger partial charge on any atom is -0.275 e. The molecule has 0 amide bonds. The summed E-state index contributed by atoms with van der Waals surface area (Å²) in [5.74, 6) is -0.239. The average molecular weight is 337 g/mol. The maximum Gasteiger partial charge on any atom is 0.218 e. The van der Waals surface area contributed by atoms with Crippen LogP contribution >= 0.6 is 0 Å². The van der Waals surface area contributed by atoms with Crippen molar-refractivity contribution in [2.45, 2.75) is 31.1 Å². The third-order valence-electron chi connectivity index (χ3n) is 4.71. The average Bonchev–Trinajstić information content (AvgIpc) is 2.92. The molecule has 1 saturated carbocycles. The molecule has 1 unspecified atom stereocenters. The van der Waals surface area contributed by atoms with Gasteiger partial charge in [-0.1, -0.05) is 19.1 Å². The third-order valence-corrected chi connectivity index (χ3v) is 7.06. The summed E-state index contributed by atoms with van der Waals surface area (Å²) < 4.78 is 42.3. The zero-order valence-corrected chi connectivity index (χ0v) is 14.1. The molecule has 1 aromatic carbocycles. The molecule has 1 aromatic heterocycles. The predicted molar refractivity (Wildman–Crippen MR) is 85.7 cm³/mol. The van der Waals surface area contributed by atoms with Gasteiger partial charge in [0, 0.05) is 13.2 Å². The minimum atomic E-state index is -3.53. The largest absolute Gasteiger partial charge is 0.275 e. The smallest absolute Gasteiger partial charge is 0.218 e. The molecule has 0 aliphatic heterocycles. The van der Waals surface area contributed by atoms with E-state index in [9.17, 15) is 12.8 Å². The first-order chi connectivity index (χ1) is 10.7. The van der Waals surface area contributed by atoms with E-state index in [0.29, 0.717) is 17.7 Å². The lowest BCUT2D eigenvalue weighted by molar-refractivity contribution is 0.548. The Bertz CT molecular complexity index is 816. The van der Waals surface area contributed by atoms with Crippen molar-refractivity contribution in [1.82, 2.24) is 14.5 Å². The number of sulfonamides is 1. The molecule has 124 valence electrons. The second-order valence-electron chi connectivity index (χ2n) is 6.44. The zero-order valence-electron chi connectivity index (χ0n) is 13.3. The van der Waals surface area contributed by atoms with Crippen molar-refractivity contribution in [2.24, 2.45) is 13.0 Å². The lowest BCUT2D eigenvalue weighted by Gasteiger charge is -2.21. The van der Waals surface area contributed by atoms with Gasteiger partial charge in [-0.05, 0) is 43.0 Å². The molecule has 23 heavy (non-hydrogen) atoms. The Kier molecular flexibility index (Phi) is 3.80. The molecule has 1 aliphatic rings. The molecule has 1 heterocycles. The molecule has 0 bridgehead atoms. The molecule has 1 N–H and O–H groups in total. The molecular weight excluding hydrogens is 317 g/mol. The summed E-state index contributed by atoms with van der Waals surface area (Å²) in [4.78, 5) is 0. The first kappa shape index (κ1) is 16.1. The van der Waals surface area contributed by atoms with Gasteiger partial charge in [0.15, 0.2) is 0 Å². The van der Waals surface area contributed by atoms with E-state index in [1.165, 1.54) is 12.1 Å². The molecular formula is C16H20FN3O2S. The van der Waals surface area contributed by atoms with Crippen LogP contribution in [0, 0.1) is 11.7 Å². The highest BCUT2D eigenvalue weighted by Crippen LogP contribution is 2.49. The van der Waals surface area contributed by atoms with Crippen molar-refractivity contribution in [1.29, 1.82) is 0 Å². The van der Waals surface area contributed by atoms with Gasteiger partial charge in [-0.3, -0.25) is 4.68 Å². The summed E-state index contributed by atoms with van der Waals surface area (Å²) in [5, 5.41) is 4.31. The van der Waals surface area contributed by atoms with E-state index in [4.69, 9.17) is 0 Å². The maximum absolute atomic E-state index is 13.2. The van der Waals surface area contributed by atoms with Crippen LogP contribution in [0.25, 0.3) is 0 Å². The van der Waals surface area contributed by atoms with E-state index in [-0.39, 0.29) is 11.7 Å². The molecule has 2 aromatic rings. The second-order valence-corrected chi connectivity index (χ2v) is 8.61. The quantitative estimate of drug-likeness (QED) is 0.911. The number of rotatable bonds is 5. The molecule has 3 rings (SSSR count). The van der Waals surface area contributed by atoms with Gasteiger partial charge in [0.1, 0.15) is 5.82 Å². The number of hydrogen-bond donors (Lipinski definition) is 1. The molecule has 1 aliphatic carbocycles. The van der Waals surface area contributed by atoms with Gasteiger partial charge < -0.3 is 0 Å². The third kappa shape index (κ3) is 2.90. The highest BCUT2D eigenvalue weighted by atomic mass is 32.2. The fourth-order valence-corrected chi connectivity index (χ4v) is 4.59. The molecule has 7 heteroatoms. The first-order valence-corrected chi connectivity index (χ1v) is 8.98. The van der Waals surface area contributed by atoms with Crippen molar-refractivity contribution in [3.05, 3.63) is 53.6 Å². The Balaban J connectivity index is 1.98. The van der Waals surface area contributed by atoms with Gasteiger partial charge in [-0.2, -0.15) is 5.10 Å². The van der Waals surface area contributed by atoms with Crippen LogP contribution in [0.15, 0.2) is 36.5 Å². The van der Waals surface area contributed by atoms with Crippen LogP contribution < -0.4 is 4.72 Å². The monoisotopic (exact) mass is 337 g/mol. The highest BCUT2D eigenvalue weighted by Gasteiger charge is 2.57. The highest BCUT2D eigenvalue weighted by molar-refractivity contribution is 7.91. The van der Waals surface area contributed by atoms with Crippen molar-refractivity contribution in [3.8, 4) is 0 Å². The summed E-state index contributed by atoms with van der Waals surface area (Å²) in [6, 6.07) is 6.93. The number of hydrogen-bond acceptors (Lipinski definition) is 3. The lowest BCUT2D eigenvalue weighted by Crippen LogP contribution is -2.38. The van der Waals surface area contributed by atoms with Crippen LogP contribution in [0.5, 0.6) is 0 Å². The standard InChI is InChI=1S/C16H20FN3O2S/c1-11-10-16(11,2)23(21,22)19-15(14-8-9-20(3)18-14)12-4-6-13(17)7-5-12/h4-9,11,15,19H,10H2,1-3H3/t11-,15?,16-/m1/s1. The summed E-state index contributed by atoms with van der Waals surface area (Å²) in [6.45, 7) is 3.67. The first-order valence-electron chi connectivity index (χ1n) is 7.50. The van der Waals surface area contributed by atoms with Crippen LogP contribution in [0.1, 0.15) is 37.6 Å². The maximum atomic E-state index is 13.2. The van der Waals surface area contributed by atoms with E-state index in [0.717, 1.165) is 0 Å². The SMILES string of the molecule is C[C@@H]1C[C@@]1(C)S(=O)(=O)NC(c1ccc(F)cc1)c1ccn(C)n1. The zero-order chi connectivity index (χ0) is 16.8. The number of aromatic nitrogens is 2. The Labute approximate surface area is 135 Å². The lowest BCUT2D eigenvalue weighted by atomic mass is 10.1. The van der Waals surface area contributed by atoms with Crippen LogP contribution in [0.2, 0.25) is 0 Å². The summed E-state index contributed by atoms with van der Waals surface area (Å²) >= 11 is 0. The molecule has 1 fully saturated rings. The molecule has 3 atom stereocenters. The second kappa shape index (κ2) is 5.42. The van der Waals surface area contributed by atoms with Crippen LogP contribution in [-0.4, -0.2) is 22.9 Å². The fourth-order valence-electron chi connectivity index (χ4n) is 2.75. The number of halogens is 1. The summed E-state index contributed by atoms with van der Waals surface area (Å²) in [6.07, 6.45) is 2.39. The van der Waals surface area contributed by atoms with Crippen molar-refractivity contribution in [2.75, 3.05) is 0 Å². The van der Waals surface area contributed by atoms with Crippen LogP contribution in [0.4, 0.5) is 4.39 Å².